The number of amides is 1. The van der Waals surface area contributed by atoms with E-state index < -0.39 is 0 Å². The van der Waals surface area contributed by atoms with Crippen molar-refractivity contribution in [3.8, 4) is 5.88 Å². The number of hydrogen-bond acceptors (Lipinski definition) is 3. The van der Waals surface area contributed by atoms with E-state index in [-0.39, 0.29) is 42.1 Å². The Kier molecular flexibility index (Phi) is 7.88. The van der Waals surface area contributed by atoms with Gasteiger partial charge in [-0.1, -0.05) is 49.7 Å². The van der Waals surface area contributed by atoms with Crippen molar-refractivity contribution >= 4 is 11.6 Å². The highest BCUT2D eigenvalue weighted by Gasteiger charge is 2.19. The highest BCUT2D eigenvalue weighted by molar-refractivity contribution is 6.05. The lowest BCUT2D eigenvalue weighted by Gasteiger charge is -2.08. The molecule has 4 aromatic rings. The molecule has 1 heterocycles. The molecule has 1 amide bonds. The number of unbranched alkanes of at least 4 members (excludes halogenated alkanes) is 1. The third-order valence-corrected chi connectivity index (χ3v) is 5.50. The predicted molar refractivity (Wildman–Crippen MR) is 131 cm³/mol. The Morgan fingerprint density at radius 2 is 1.63 bits per heavy atom. The maximum Gasteiger partial charge on any atom is 0.262 e. The van der Waals surface area contributed by atoms with E-state index in [1.165, 1.54) is 34.5 Å². The molecule has 0 atom stereocenters. The van der Waals surface area contributed by atoms with Gasteiger partial charge in [-0.2, -0.15) is 0 Å². The van der Waals surface area contributed by atoms with Gasteiger partial charge in [-0.3, -0.25) is 9.48 Å². The minimum absolute atomic E-state index is 0.0428. The minimum Gasteiger partial charge on any atom is -0.471 e. The molecule has 0 aliphatic carbocycles. The topological polar surface area (TPSA) is 56.2 Å². The molecule has 35 heavy (non-hydrogen) atoms. The van der Waals surface area contributed by atoms with Crippen molar-refractivity contribution in [1.29, 1.82) is 0 Å². The molecule has 0 aliphatic heterocycles. The summed E-state index contributed by atoms with van der Waals surface area (Å²) in [6, 6.07) is 19.9. The van der Waals surface area contributed by atoms with Gasteiger partial charge in [0, 0.05) is 11.9 Å². The summed E-state index contributed by atoms with van der Waals surface area (Å²) in [6.45, 7) is 2.45. The number of hydrogen-bond donors (Lipinski definition) is 1. The fourth-order valence-electron chi connectivity index (χ4n) is 3.68. The number of aryl methyl sites for hydroxylation is 1. The first kappa shape index (κ1) is 24.1. The lowest BCUT2D eigenvalue weighted by molar-refractivity contribution is 0.102. The van der Waals surface area contributed by atoms with E-state index in [0.717, 1.165) is 19.3 Å². The van der Waals surface area contributed by atoms with Gasteiger partial charge in [0.1, 0.15) is 23.8 Å². The van der Waals surface area contributed by atoms with Crippen LogP contribution in [0.2, 0.25) is 0 Å². The Morgan fingerprint density at radius 3 is 2.31 bits per heavy atom. The van der Waals surface area contributed by atoms with Gasteiger partial charge in [0.15, 0.2) is 0 Å². The quantitative estimate of drug-likeness (QED) is 0.289. The zero-order valence-electron chi connectivity index (χ0n) is 19.5. The fraction of sp³-hybridized carbons (Fsp3) is 0.214. The fourth-order valence-corrected chi connectivity index (χ4v) is 3.68. The summed E-state index contributed by atoms with van der Waals surface area (Å²) < 4.78 is 34.5. The van der Waals surface area contributed by atoms with E-state index in [1.54, 1.807) is 30.5 Å². The summed E-state index contributed by atoms with van der Waals surface area (Å²) in [7, 11) is 0. The molecule has 0 saturated heterocycles. The molecule has 4 rings (SSSR count). The third kappa shape index (κ3) is 6.76. The summed E-state index contributed by atoms with van der Waals surface area (Å²) in [5.74, 6) is -0.991. The van der Waals surface area contributed by atoms with Crippen molar-refractivity contribution in [2.75, 3.05) is 5.32 Å². The maximum absolute atomic E-state index is 13.6. The van der Waals surface area contributed by atoms with Crippen LogP contribution in [-0.4, -0.2) is 15.7 Å². The van der Waals surface area contributed by atoms with Crippen LogP contribution in [0.25, 0.3) is 0 Å². The number of ether oxygens (including phenoxy) is 1. The second-order valence-corrected chi connectivity index (χ2v) is 8.35. The van der Waals surface area contributed by atoms with E-state index in [2.05, 4.69) is 17.3 Å². The van der Waals surface area contributed by atoms with Crippen LogP contribution in [0, 0.1) is 11.6 Å². The highest BCUT2D eigenvalue weighted by Crippen LogP contribution is 2.21. The number of halogens is 2. The summed E-state index contributed by atoms with van der Waals surface area (Å²) in [5.41, 5.74) is 3.40. The second-order valence-electron chi connectivity index (χ2n) is 8.35. The molecule has 0 bridgehead atoms. The molecule has 7 heteroatoms. The average molecular weight is 476 g/mol. The maximum atomic E-state index is 13.6. The molecule has 0 spiro atoms. The number of nitrogens with zero attached hydrogens (tertiary/aromatic N) is 2. The molecule has 1 N–H and O–H groups in total. The molecular formula is C28H27F2N3O2. The molecule has 0 fully saturated rings. The smallest absolute Gasteiger partial charge is 0.262 e. The van der Waals surface area contributed by atoms with Crippen LogP contribution < -0.4 is 10.1 Å². The largest absolute Gasteiger partial charge is 0.471 e. The molecule has 0 radical (unpaired) electrons. The van der Waals surface area contributed by atoms with Gasteiger partial charge in [0.2, 0.25) is 5.88 Å². The molecule has 180 valence electrons. The van der Waals surface area contributed by atoms with Crippen LogP contribution >= 0.6 is 0 Å². The monoisotopic (exact) mass is 475 g/mol. The highest BCUT2D eigenvalue weighted by atomic mass is 19.1. The summed E-state index contributed by atoms with van der Waals surface area (Å²) in [6.07, 6.45) is 4.80. The summed E-state index contributed by atoms with van der Waals surface area (Å²) >= 11 is 0. The van der Waals surface area contributed by atoms with E-state index in [9.17, 15) is 13.6 Å². The minimum atomic E-state index is -0.383. The number of benzene rings is 3. The van der Waals surface area contributed by atoms with Gasteiger partial charge >= 0.3 is 0 Å². The lowest BCUT2D eigenvalue weighted by atomic mass is 10.1. The Balaban J connectivity index is 1.53. The third-order valence-electron chi connectivity index (χ3n) is 5.50. The Hall–Kier alpha value is -4.00. The van der Waals surface area contributed by atoms with Crippen LogP contribution in [0.3, 0.4) is 0 Å². The zero-order chi connectivity index (χ0) is 24.6. The first-order chi connectivity index (χ1) is 17.0. The van der Waals surface area contributed by atoms with Crippen molar-refractivity contribution in [2.45, 2.75) is 39.3 Å². The number of anilines is 1. The number of carbonyl (C=O) groups excluding carboxylic acids is 1. The molecule has 1 aromatic heterocycles. The Morgan fingerprint density at radius 1 is 0.943 bits per heavy atom. The number of carbonyl (C=O) groups is 1. The van der Waals surface area contributed by atoms with Crippen LogP contribution in [0.15, 0.2) is 79.0 Å². The van der Waals surface area contributed by atoms with Crippen molar-refractivity contribution in [3.05, 3.63) is 113 Å². The molecular weight excluding hydrogens is 448 g/mol. The van der Waals surface area contributed by atoms with E-state index in [4.69, 9.17) is 4.74 Å². The van der Waals surface area contributed by atoms with Gasteiger partial charge in [-0.25, -0.2) is 8.78 Å². The van der Waals surface area contributed by atoms with Gasteiger partial charge in [-0.05, 0) is 65.9 Å². The van der Waals surface area contributed by atoms with Crippen LogP contribution in [0.5, 0.6) is 5.88 Å². The normalized spacial score (nSPS) is 10.8. The van der Waals surface area contributed by atoms with Gasteiger partial charge in [0.25, 0.3) is 5.91 Å². The molecule has 0 unspecified atom stereocenters. The lowest BCUT2D eigenvalue weighted by Crippen LogP contribution is -2.13. The van der Waals surface area contributed by atoms with Crippen molar-refractivity contribution in [3.63, 3.8) is 0 Å². The number of rotatable bonds is 10. The number of nitrogens with one attached hydrogen (secondary N) is 1. The van der Waals surface area contributed by atoms with Crippen molar-refractivity contribution in [1.82, 2.24) is 9.78 Å². The summed E-state index contributed by atoms with van der Waals surface area (Å²) in [4.78, 5) is 13.1. The molecule has 0 aliphatic rings. The SMILES string of the molecule is CCCCc1ccc(NC(=O)c2cn(Cc3cccc(F)c3)nc2OCc2cccc(F)c2)cc1. The Labute approximate surface area is 203 Å². The molecule has 0 saturated carbocycles. The van der Waals surface area contributed by atoms with E-state index in [0.29, 0.717) is 16.8 Å². The average Bonchev–Trinajstić information content (AvgIpc) is 3.25. The molecule has 3 aromatic carbocycles. The number of aromatic nitrogens is 2. The van der Waals surface area contributed by atoms with Gasteiger partial charge in [-0.15, -0.1) is 5.10 Å². The van der Waals surface area contributed by atoms with E-state index in [1.807, 2.05) is 24.3 Å². The van der Waals surface area contributed by atoms with Gasteiger partial charge in [0.05, 0.1) is 6.54 Å². The summed E-state index contributed by atoms with van der Waals surface area (Å²) in [5, 5.41) is 7.28. The van der Waals surface area contributed by atoms with Crippen LogP contribution in [0.1, 0.15) is 46.8 Å². The van der Waals surface area contributed by atoms with Crippen molar-refractivity contribution in [2.24, 2.45) is 0 Å². The zero-order valence-corrected chi connectivity index (χ0v) is 19.5. The second kappa shape index (κ2) is 11.4. The predicted octanol–water partition coefficient (Wildman–Crippen LogP) is 6.38. The standard InChI is InChI=1S/C28H27F2N3O2/c1-2-3-6-20-11-13-25(14-12-20)31-27(34)26-18-33(17-21-7-4-9-23(29)15-21)32-28(26)35-19-22-8-5-10-24(30)16-22/h4-5,7-16,18H,2-3,6,17,19H2,1H3,(H,31,34). The first-order valence-electron chi connectivity index (χ1n) is 11.6. The van der Waals surface area contributed by atoms with Crippen LogP contribution in [0.4, 0.5) is 14.5 Å². The van der Waals surface area contributed by atoms with Crippen molar-refractivity contribution < 1.29 is 18.3 Å². The first-order valence-corrected chi connectivity index (χ1v) is 11.6. The molecule has 5 nitrogen and oxygen atoms in total. The van der Waals surface area contributed by atoms with Crippen LogP contribution in [-0.2, 0) is 19.6 Å². The Bertz CT molecular complexity index is 1290. The van der Waals surface area contributed by atoms with Gasteiger partial charge < -0.3 is 10.1 Å². The van der Waals surface area contributed by atoms with E-state index >= 15 is 0 Å².